The quantitative estimate of drug-likeness (QED) is 0.527. The van der Waals surface area contributed by atoms with Crippen molar-refractivity contribution in [1.82, 2.24) is 15.0 Å². The van der Waals surface area contributed by atoms with Gasteiger partial charge in [-0.05, 0) is 36.2 Å². The molecule has 2 heterocycles. The molecule has 4 aromatic rings. The van der Waals surface area contributed by atoms with Crippen molar-refractivity contribution in [3.8, 4) is 11.1 Å². The Morgan fingerprint density at radius 1 is 0.963 bits per heavy atom. The van der Waals surface area contributed by atoms with Gasteiger partial charge in [0.15, 0.2) is 6.29 Å². The van der Waals surface area contributed by atoms with Crippen LogP contribution in [0.4, 0.5) is 5.82 Å². The zero-order valence-electron chi connectivity index (χ0n) is 14.8. The van der Waals surface area contributed by atoms with Gasteiger partial charge < -0.3 is 5.32 Å². The summed E-state index contributed by atoms with van der Waals surface area (Å²) in [6.07, 6.45) is 5.67. The third-order valence-corrected chi connectivity index (χ3v) is 4.52. The summed E-state index contributed by atoms with van der Waals surface area (Å²) in [5.41, 5.74) is 4.43. The van der Waals surface area contributed by atoms with Gasteiger partial charge in [0.2, 0.25) is 0 Å². The van der Waals surface area contributed by atoms with E-state index < -0.39 is 0 Å². The van der Waals surface area contributed by atoms with E-state index in [4.69, 9.17) is 0 Å². The summed E-state index contributed by atoms with van der Waals surface area (Å²) in [7, 11) is 0. The maximum absolute atomic E-state index is 11.0. The molecule has 0 aliphatic carbocycles. The Morgan fingerprint density at radius 2 is 1.81 bits per heavy atom. The van der Waals surface area contributed by atoms with Crippen LogP contribution >= 0.6 is 0 Å². The fraction of sp³-hybridized carbons (Fsp3) is 0.0909. The number of anilines is 1. The number of pyridine rings is 1. The molecule has 0 saturated carbocycles. The highest BCUT2D eigenvalue weighted by molar-refractivity contribution is 5.93. The first-order valence-electron chi connectivity index (χ1n) is 8.71. The molecule has 5 heteroatoms. The Hall–Kier alpha value is -3.60. The molecule has 0 amide bonds. The maximum atomic E-state index is 11.0. The maximum Gasteiger partial charge on any atom is 0.151 e. The largest absolute Gasteiger partial charge is 0.363 e. The van der Waals surface area contributed by atoms with Crippen molar-refractivity contribution in [2.75, 3.05) is 5.32 Å². The molecule has 0 saturated heterocycles. The van der Waals surface area contributed by atoms with Gasteiger partial charge in [0.1, 0.15) is 12.1 Å². The number of hydrogen-bond acceptors (Lipinski definition) is 5. The zero-order valence-corrected chi connectivity index (χ0v) is 14.8. The molecule has 132 valence electrons. The van der Waals surface area contributed by atoms with E-state index in [9.17, 15) is 4.79 Å². The van der Waals surface area contributed by atoms with Crippen molar-refractivity contribution in [2.24, 2.45) is 0 Å². The lowest BCUT2D eigenvalue weighted by Crippen LogP contribution is -2.08. The van der Waals surface area contributed by atoms with Crippen LogP contribution in [0.25, 0.3) is 22.0 Å². The number of aromatic nitrogens is 3. The lowest BCUT2D eigenvalue weighted by molar-refractivity contribution is 0.112. The summed E-state index contributed by atoms with van der Waals surface area (Å²) in [6.45, 7) is 2.10. The number of carbonyl (C=O) groups excluding carboxylic acids is 1. The van der Waals surface area contributed by atoms with Gasteiger partial charge in [0.25, 0.3) is 0 Å². The molecular formula is C22H18N4O. The number of fused-ring (bicyclic) bond motifs is 1. The molecule has 0 radical (unpaired) electrons. The van der Waals surface area contributed by atoms with E-state index in [0.29, 0.717) is 5.56 Å². The lowest BCUT2D eigenvalue weighted by atomic mass is 10.0. The molecule has 0 spiro atoms. The number of hydrogen-bond donors (Lipinski definition) is 1. The molecule has 2 aromatic heterocycles. The summed E-state index contributed by atoms with van der Waals surface area (Å²) in [5.74, 6) is 0.776. The molecule has 0 aliphatic rings. The number of rotatable bonds is 5. The van der Waals surface area contributed by atoms with Gasteiger partial charge in [-0.15, -0.1) is 0 Å². The van der Waals surface area contributed by atoms with Crippen LogP contribution in [0, 0.1) is 0 Å². The summed E-state index contributed by atoms with van der Waals surface area (Å²) in [4.78, 5) is 24.0. The summed E-state index contributed by atoms with van der Waals surface area (Å²) in [6, 6.07) is 18.1. The van der Waals surface area contributed by atoms with Crippen LogP contribution in [0.1, 0.15) is 28.9 Å². The van der Waals surface area contributed by atoms with E-state index in [2.05, 4.69) is 39.3 Å². The highest BCUT2D eigenvalue weighted by Crippen LogP contribution is 2.28. The second kappa shape index (κ2) is 7.33. The second-order valence-electron chi connectivity index (χ2n) is 6.36. The van der Waals surface area contributed by atoms with Crippen LogP contribution in [-0.2, 0) is 0 Å². The van der Waals surface area contributed by atoms with Gasteiger partial charge >= 0.3 is 0 Å². The highest BCUT2D eigenvalue weighted by atomic mass is 16.1. The Kier molecular flexibility index (Phi) is 4.58. The first-order chi connectivity index (χ1) is 13.2. The fourth-order valence-corrected chi connectivity index (χ4v) is 3.06. The van der Waals surface area contributed by atoms with Crippen molar-refractivity contribution in [3.05, 3.63) is 84.4 Å². The normalized spacial score (nSPS) is 11.9. The number of nitrogens with one attached hydrogen (secondary N) is 1. The third-order valence-electron chi connectivity index (χ3n) is 4.52. The van der Waals surface area contributed by atoms with Gasteiger partial charge in [-0.25, -0.2) is 9.97 Å². The minimum atomic E-state index is 0.105. The van der Waals surface area contributed by atoms with Crippen molar-refractivity contribution < 1.29 is 4.79 Å². The first-order valence-corrected chi connectivity index (χ1v) is 8.71. The van der Waals surface area contributed by atoms with Crippen LogP contribution in [0.3, 0.4) is 0 Å². The summed E-state index contributed by atoms with van der Waals surface area (Å²) in [5, 5.41) is 4.40. The van der Waals surface area contributed by atoms with Gasteiger partial charge in [-0.3, -0.25) is 9.78 Å². The van der Waals surface area contributed by atoms with Gasteiger partial charge in [-0.2, -0.15) is 0 Å². The van der Waals surface area contributed by atoms with Gasteiger partial charge in [0.05, 0.1) is 5.52 Å². The van der Waals surface area contributed by atoms with Gasteiger partial charge in [0, 0.05) is 34.9 Å². The molecule has 5 nitrogen and oxygen atoms in total. The standard InChI is InChI=1S/C22H18N4O/c1-15(17-5-3-2-4-6-17)26-22-20-10-18(7-8-21(20)24-14-25-22)19-9-16(13-27)11-23-12-19/h2-15H,1H3,(H,24,25,26). The number of benzene rings is 2. The van der Waals surface area contributed by atoms with Crippen LogP contribution in [-0.4, -0.2) is 21.2 Å². The minimum absolute atomic E-state index is 0.105. The number of carbonyl (C=O) groups is 1. The molecule has 4 rings (SSSR count). The molecule has 1 N–H and O–H groups in total. The molecule has 1 atom stereocenters. The predicted octanol–water partition coefficient (Wildman–Crippen LogP) is 4.68. The van der Waals surface area contributed by atoms with E-state index in [-0.39, 0.29) is 6.04 Å². The van der Waals surface area contributed by atoms with Crippen molar-refractivity contribution in [2.45, 2.75) is 13.0 Å². The molecule has 1 unspecified atom stereocenters. The van der Waals surface area contributed by atoms with Crippen molar-refractivity contribution in [1.29, 1.82) is 0 Å². The average Bonchev–Trinajstić information content (AvgIpc) is 2.74. The van der Waals surface area contributed by atoms with Crippen LogP contribution < -0.4 is 5.32 Å². The van der Waals surface area contributed by atoms with Gasteiger partial charge in [-0.1, -0.05) is 36.4 Å². The molecule has 0 aliphatic heterocycles. The Labute approximate surface area is 157 Å². The SMILES string of the molecule is CC(Nc1ncnc2ccc(-c3cncc(C=O)c3)cc12)c1ccccc1. The van der Waals surface area contributed by atoms with E-state index in [0.717, 1.165) is 34.1 Å². The molecule has 0 bridgehead atoms. The summed E-state index contributed by atoms with van der Waals surface area (Å²) >= 11 is 0. The third kappa shape index (κ3) is 3.53. The lowest BCUT2D eigenvalue weighted by Gasteiger charge is -2.16. The molecule has 27 heavy (non-hydrogen) atoms. The smallest absolute Gasteiger partial charge is 0.151 e. The average molecular weight is 354 g/mol. The Bertz CT molecular complexity index is 1100. The highest BCUT2D eigenvalue weighted by Gasteiger charge is 2.10. The van der Waals surface area contributed by atoms with Crippen molar-refractivity contribution >= 4 is 23.0 Å². The Balaban J connectivity index is 1.74. The predicted molar refractivity (Wildman–Crippen MR) is 107 cm³/mol. The van der Waals surface area contributed by atoms with Crippen molar-refractivity contribution in [3.63, 3.8) is 0 Å². The van der Waals surface area contributed by atoms with E-state index in [1.54, 1.807) is 18.7 Å². The van der Waals surface area contributed by atoms with Crippen LogP contribution in [0.2, 0.25) is 0 Å². The molecule has 2 aromatic carbocycles. The molecule has 0 fully saturated rings. The van der Waals surface area contributed by atoms with E-state index >= 15 is 0 Å². The molecular weight excluding hydrogens is 336 g/mol. The Morgan fingerprint density at radius 3 is 2.63 bits per heavy atom. The fourth-order valence-electron chi connectivity index (χ4n) is 3.06. The van der Waals surface area contributed by atoms with E-state index in [1.807, 2.05) is 42.5 Å². The minimum Gasteiger partial charge on any atom is -0.363 e. The number of nitrogens with zero attached hydrogens (tertiary/aromatic N) is 3. The second-order valence-corrected chi connectivity index (χ2v) is 6.36. The first kappa shape index (κ1) is 16.8. The zero-order chi connectivity index (χ0) is 18.6. The van der Waals surface area contributed by atoms with Crippen LogP contribution in [0.15, 0.2) is 73.3 Å². The summed E-state index contributed by atoms with van der Waals surface area (Å²) < 4.78 is 0. The van der Waals surface area contributed by atoms with Crippen LogP contribution in [0.5, 0.6) is 0 Å². The topological polar surface area (TPSA) is 67.8 Å². The monoisotopic (exact) mass is 354 g/mol. The van der Waals surface area contributed by atoms with E-state index in [1.165, 1.54) is 5.56 Å². The number of aldehydes is 1.